The topological polar surface area (TPSA) is 42.0 Å². The molecule has 0 spiro atoms. The minimum absolute atomic E-state index is 0.00891. The van der Waals surface area contributed by atoms with Gasteiger partial charge in [0.1, 0.15) is 0 Å². The summed E-state index contributed by atoms with van der Waals surface area (Å²) < 4.78 is 0.736. The zero-order chi connectivity index (χ0) is 17.6. The van der Waals surface area contributed by atoms with Gasteiger partial charge in [0.15, 0.2) is 5.13 Å². The molecule has 0 radical (unpaired) electrons. The predicted molar refractivity (Wildman–Crippen MR) is 110 cm³/mol. The second-order valence-corrected chi connectivity index (χ2v) is 9.20. The highest BCUT2D eigenvalue weighted by Gasteiger charge is 2.09. The van der Waals surface area contributed by atoms with E-state index in [-0.39, 0.29) is 5.91 Å². The molecule has 0 atom stereocenters. The number of thiophene rings is 1. The van der Waals surface area contributed by atoms with Crippen LogP contribution in [0.5, 0.6) is 0 Å². The summed E-state index contributed by atoms with van der Waals surface area (Å²) in [5, 5.41) is 5.45. The molecule has 2 heterocycles. The quantitative estimate of drug-likeness (QED) is 0.366. The van der Waals surface area contributed by atoms with Crippen LogP contribution in [0, 0.1) is 6.92 Å². The van der Waals surface area contributed by atoms with Crippen molar-refractivity contribution in [3.05, 3.63) is 51.7 Å². The molecule has 1 amide bonds. The molecule has 0 unspecified atom stereocenters. The van der Waals surface area contributed by atoms with Crippen LogP contribution in [0.3, 0.4) is 0 Å². The van der Waals surface area contributed by atoms with Gasteiger partial charge in [-0.3, -0.25) is 4.79 Å². The molecule has 0 aliphatic carbocycles. The molecule has 1 aromatic carbocycles. The van der Waals surface area contributed by atoms with Crippen molar-refractivity contribution in [1.29, 1.82) is 0 Å². The zero-order valence-electron chi connectivity index (χ0n) is 13.6. The Kier molecular flexibility index (Phi) is 6.53. The number of carbonyl (C=O) groups excluding carboxylic acids is 1. The van der Waals surface area contributed by atoms with E-state index in [1.807, 2.05) is 17.5 Å². The van der Waals surface area contributed by atoms with E-state index in [1.54, 1.807) is 11.8 Å². The third-order valence-corrected chi connectivity index (χ3v) is 6.52. The molecule has 7 heteroatoms. The summed E-state index contributed by atoms with van der Waals surface area (Å²) in [6, 6.07) is 12.2. The molecule has 0 aliphatic heterocycles. The van der Waals surface area contributed by atoms with Gasteiger partial charge >= 0.3 is 0 Å². The number of nitrogens with one attached hydrogen (secondary N) is 1. The number of halogens is 1. The van der Waals surface area contributed by atoms with Crippen molar-refractivity contribution in [2.75, 3.05) is 11.1 Å². The third kappa shape index (κ3) is 5.57. The van der Waals surface area contributed by atoms with Gasteiger partial charge in [-0.1, -0.05) is 29.3 Å². The highest BCUT2D eigenvalue weighted by Crippen LogP contribution is 2.32. The van der Waals surface area contributed by atoms with Gasteiger partial charge in [0.2, 0.25) is 5.91 Å². The maximum absolute atomic E-state index is 12.0. The minimum Gasteiger partial charge on any atom is -0.302 e. The highest BCUT2D eigenvalue weighted by molar-refractivity contribution is 7.99. The monoisotopic (exact) mass is 408 g/mol. The fourth-order valence-corrected chi connectivity index (χ4v) is 4.79. The van der Waals surface area contributed by atoms with Gasteiger partial charge in [-0.05, 0) is 43.4 Å². The first kappa shape index (κ1) is 18.5. The van der Waals surface area contributed by atoms with Crippen molar-refractivity contribution < 1.29 is 4.79 Å². The van der Waals surface area contributed by atoms with E-state index >= 15 is 0 Å². The number of hydrogen-bond donors (Lipinski definition) is 1. The lowest BCUT2D eigenvalue weighted by molar-refractivity contribution is -0.116. The third-order valence-electron chi connectivity index (χ3n) is 3.41. The van der Waals surface area contributed by atoms with Crippen molar-refractivity contribution in [3.63, 3.8) is 0 Å². The summed E-state index contributed by atoms with van der Waals surface area (Å²) in [4.78, 5) is 18.7. The molecule has 0 aliphatic rings. The van der Waals surface area contributed by atoms with E-state index < -0.39 is 0 Å². The van der Waals surface area contributed by atoms with Gasteiger partial charge in [0, 0.05) is 16.7 Å². The maximum Gasteiger partial charge on any atom is 0.226 e. The standard InChI is InChI=1S/C18H17ClN2OS3/c1-12-4-6-13(7-5-12)23-10-2-3-17(22)21-18-20-14(11-24-18)15-8-9-16(19)25-15/h4-9,11H,2-3,10H2,1H3,(H,20,21,22). The summed E-state index contributed by atoms with van der Waals surface area (Å²) >= 11 is 10.6. The van der Waals surface area contributed by atoms with Crippen molar-refractivity contribution >= 4 is 57.1 Å². The lowest BCUT2D eigenvalue weighted by atomic mass is 10.2. The molecular formula is C18H17ClN2OS3. The number of thiazole rings is 1. The van der Waals surface area contributed by atoms with Gasteiger partial charge < -0.3 is 5.32 Å². The Morgan fingerprint density at radius 2 is 2.04 bits per heavy atom. The molecule has 1 N–H and O–H groups in total. The van der Waals surface area contributed by atoms with Crippen LogP contribution in [0.1, 0.15) is 18.4 Å². The van der Waals surface area contributed by atoms with E-state index in [4.69, 9.17) is 11.6 Å². The number of thioether (sulfide) groups is 1. The first-order valence-corrected chi connectivity index (χ1v) is 10.9. The molecule has 0 saturated carbocycles. The second-order valence-electron chi connectivity index (χ2n) is 5.45. The smallest absolute Gasteiger partial charge is 0.226 e. The largest absolute Gasteiger partial charge is 0.302 e. The Bertz CT molecular complexity index is 842. The predicted octanol–water partition coefficient (Wildman–Crippen LogP) is 6.34. The van der Waals surface area contributed by atoms with Crippen molar-refractivity contribution in [3.8, 4) is 10.6 Å². The SMILES string of the molecule is Cc1ccc(SCCCC(=O)Nc2nc(-c3ccc(Cl)s3)cs2)cc1. The number of anilines is 1. The summed E-state index contributed by atoms with van der Waals surface area (Å²) in [7, 11) is 0. The molecule has 0 fully saturated rings. The van der Waals surface area contributed by atoms with Crippen LogP contribution in [0.4, 0.5) is 5.13 Å². The van der Waals surface area contributed by atoms with Crippen molar-refractivity contribution in [2.24, 2.45) is 0 Å². The highest BCUT2D eigenvalue weighted by atomic mass is 35.5. The fourth-order valence-electron chi connectivity index (χ4n) is 2.14. The Balaban J connectivity index is 1.42. The number of amides is 1. The van der Waals surface area contributed by atoms with Crippen LogP contribution in [-0.2, 0) is 4.79 Å². The van der Waals surface area contributed by atoms with Gasteiger partial charge in [0.25, 0.3) is 0 Å². The molecule has 3 nitrogen and oxygen atoms in total. The van der Waals surface area contributed by atoms with Crippen molar-refractivity contribution in [2.45, 2.75) is 24.7 Å². The zero-order valence-corrected chi connectivity index (χ0v) is 16.8. The molecule has 0 bridgehead atoms. The second kappa shape index (κ2) is 8.85. The molecule has 25 heavy (non-hydrogen) atoms. The number of rotatable bonds is 7. The van der Waals surface area contributed by atoms with Crippen LogP contribution < -0.4 is 5.32 Å². The average molecular weight is 409 g/mol. The van der Waals surface area contributed by atoms with Gasteiger partial charge in [0.05, 0.1) is 14.9 Å². The Hall–Kier alpha value is -1.34. The summed E-state index contributed by atoms with van der Waals surface area (Å²) in [6.45, 7) is 2.08. The summed E-state index contributed by atoms with van der Waals surface area (Å²) in [5.41, 5.74) is 2.11. The Morgan fingerprint density at radius 3 is 2.76 bits per heavy atom. The van der Waals surface area contributed by atoms with E-state index in [0.29, 0.717) is 11.6 Å². The number of aromatic nitrogens is 1. The average Bonchev–Trinajstić information content (AvgIpc) is 3.22. The Labute approximate surface area is 164 Å². The molecule has 130 valence electrons. The van der Waals surface area contributed by atoms with Crippen LogP contribution in [0.15, 0.2) is 46.7 Å². The lowest BCUT2D eigenvalue weighted by Gasteiger charge is -2.03. The molecule has 0 saturated heterocycles. The van der Waals surface area contributed by atoms with Crippen LogP contribution in [0.25, 0.3) is 10.6 Å². The number of nitrogens with zero attached hydrogens (tertiary/aromatic N) is 1. The molecule has 3 aromatic rings. The van der Waals surface area contributed by atoms with E-state index in [1.165, 1.54) is 33.1 Å². The van der Waals surface area contributed by atoms with E-state index in [0.717, 1.165) is 27.1 Å². The number of carbonyl (C=O) groups is 1. The number of benzene rings is 1. The van der Waals surface area contributed by atoms with Crippen LogP contribution in [0.2, 0.25) is 4.34 Å². The first-order chi connectivity index (χ1) is 12.1. The number of aryl methyl sites for hydroxylation is 1. The van der Waals surface area contributed by atoms with Crippen molar-refractivity contribution in [1.82, 2.24) is 4.98 Å². The van der Waals surface area contributed by atoms with Crippen LogP contribution >= 0.6 is 46.0 Å². The van der Waals surface area contributed by atoms with E-state index in [9.17, 15) is 4.79 Å². The van der Waals surface area contributed by atoms with E-state index in [2.05, 4.69) is 41.5 Å². The molecular weight excluding hydrogens is 392 g/mol. The first-order valence-electron chi connectivity index (χ1n) is 7.81. The van der Waals surface area contributed by atoms with Gasteiger partial charge in [-0.2, -0.15) is 0 Å². The number of hydrogen-bond acceptors (Lipinski definition) is 5. The molecule has 2 aromatic heterocycles. The Morgan fingerprint density at radius 1 is 1.24 bits per heavy atom. The van der Waals surface area contributed by atoms with Gasteiger partial charge in [-0.25, -0.2) is 4.98 Å². The van der Waals surface area contributed by atoms with Gasteiger partial charge in [-0.15, -0.1) is 34.4 Å². The summed E-state index contributed by atoms with van der Waals surface area (Å²) in [6.07, 6.45) is 1.34. The normalized spacial score (nSPS) is 10.8. The minimum atomic E-state index is 0.00891. The fraction of sp³-hybridized carbons (Fsp3) is 0.222. The maximum atomic E-state index is 12.0. The molecule has 3 rings (SSSR count). The summed E-state index contributed by atoms with van der Waals surface area (Å²) in [5.74, 6) is 0.933. The lowest BCUT2D eigenvalue weighted by Crippen LogP contribution is -2.11. The van der Waals surface area contributed by atoms with Crippen LogP contribution in [-0.4, -0.2) is 16.6 Å².